The number of ether oxygens (including phenoxy) is 16. The second-order valence-corrected chi connectivity index (χ2v) is 24.2. The first-order valence-corrected chi connectivity index (χ1v) is 30.3. The van der Waals surface area contributed by atoms with Crippen LogP contribution in [0.25, 0.3) is 0 Å². The van der Waals surface area contributed by atoms with Gasteiger partial charge in [-0.2, -0.15) is 0 Å². The van der Waals surface area contributed by atoms with Gasteiger partial charge < -0.3 is 198 Å². The topological polar surface area (TPSA) is 650 Å². The van der Waals surface area contributed by atoms with E-state index < -0.39 is 309 Å². The minimum absolute atomic E-state index is 0.449. The SMILES string of the molecule is O=C(O)CSC[C@H]1O[C@@H]2O[C@H]3[C@H](O)[C@@H](O)[C@@H](O[C@H]4[C@H](O)[C@@H](O)[C@@H](O[C@H]5[C@H](O)[C@@H](O)[C@@H](O[C@H]6[C@H](O)[C@H](O)[C@@H](O[C@H]7[C@H](O)[C@@H](O)[C@@H](O[C@H]8[C@H](O)[C@@H](O)[C@@H](O[C@H]9[C@H](O)[C@@H](O)[C@@H](O[C@H]1[C@H](O)[C@H]2O)O[C@@H]9CO)O[C@@H]8CO)O[C@@H]7CO)O[C@@H]6CO)O[C@@H]5CO)O[C@@H]4CO)O[C@@H]3CO. The van der Waals surface area contributed by atoms with Crippen LogP contribution in [0.3, 0.4) is 0 Å². The molecule has 30 rings (SSSR count). The van der Waals surface area contributed by atoms with Crippen molar-refractivity contribution in [1.82, 2.24) is 0 Å². The summed E-state index contributed by atoms with van der Waals surface area (Å²) in [5, 5.41) is 266. The highest BCUT2D eigenvalue weighted by Crippen LogP contribution is 2.40. The normalized spacial score (nSPS) is 53.4. The lowest BCUT2D eigenvalue weighted by atomic mass is 9.95. The van der Waals surface area contributed by atoms with E-state index in [4.69, 9.17) is 75.8 Å². The molecule has 0 aromatic heterocycles. The molecule has 30 saturated heterocycles. The summed E-state index contributed by atoms with van der Waals surface area (Å²) in [6.45, 7) is -7.65. The molecule has 30 aliphatic rings. The van der Waals surface area contributed by atoms with Crippen molar-refractivity contribution < 1.29 is 203 Å². The summed E-state index contributed by atoms with van der Waals surface area (Å²) in [5.74, 6) is -2.39. The molecule has 0 radical (unpaired) electrons. The second kappa shape index (κ2) is 32.1. The Kier molecular flexibility index (Phi) is 26.0. The van der Waals surface area contributed by atoms with E-state index in [1.807, 2.05) is 0 Å². The number of carboxylic acid groups (broad SMARTS) is 1. The lowest BCUT2D eigenvalue weighted by Gasteiger charge is -2.50. The molecule has 0 spiro atoms. The van der Waals surface area contributed by atoms with Crippen LogP contribution in [0.1, 0.15) is 0 Å². The highest BCUT2D eigenvalue weighted by Gasteiger charge is 2.60. The lowest BCUT2D eigenvalue weighted by Crippen LogP contribution is -2.69. The van der Waals surface area contributed by atoms with E-state index in [1.54, 1.807) is 0 Å². The molecule has 0 aliphatic carbocycles. The van der Waals surface area contributed by atoms with Gasteiger partial charge in [0, 0.05) is 5.75 Å². The molecule has 16 bridgehead atoms. The second-order valence-electron chi connectivity index (χ2n) is 23.2. The first-order valence-electron chi connectivity index (χ1n) is 29.2. The summed E-state index contributed by atoms with van der Waals surface area (Å²) in [4.78, 5) is 11.6. The van der Waals surface area contributed by atoms with Gasteiger partial charge in [-0.1, -0.05) is 0 Å². The van der Waals surface area contributed by atoms with Crippen LogP contribution in [0, 0.1) is 0 Å². The van der Waals surface area contributed by atoms with Gasteiger partial charge in [0.1, 0.15) is 189 Å². The van der Waals surface area contributed by atoms with Crippen LogP contribution in [-0.4, -0.2) is 432 Å². The Hall–Kier alpha value is -1.74. The van der Waals surface area contributed by atoms with E-state index in [2.05, 4.69) is 0 Å². The van der Waals surface area contributed by atoms with E-state index in [0.29, 0.717) is 11.8 Å². The molecule has 0 saturated carbocycles. The number of aliphatic hydroxyl groups is 23. The van der Waals surface area contributed by atoms with Crippen molar-refractivity contribution in [1.29, 1.82) is 0 Å². The third-order valence-electron chi connectivity index (χ3n) is 17.2. The van der Waals surface area contributed by atoms with E-state index in [9.17, 15) is 127 Å². The van der Waals surface area contributed by atoms with E-state index >= 15 is 0 Å². The number of rotatable bonds is 11. The average Bonchev–Trinajstić information content (AvgIpc) is 0.796. The molecule has 41 nitrogen and oxygen atoms in total. The highest BCUT2D eigenvalue weighted by molar-refractivity contribution is 7.99. The fraction of sp³-hybridized carbons (Fsp3) is 0.980. The summed E-state index contributed by atoms with van der Waals surface area (Å²) in [5.41, 5.74) is 0. The zero-order chi connectivity index (χ0) is 67.1. The molecule has 0 unspecified atom stereocenters. The standard InChI is InChI=1S/C50H82O41S/c51-1-10-35-19(60)27(68)43(76-10)85-36-11(2-52)78-45(29(70)21(36)62)87-38-13(4-54)80-47(31(72)23(38)64)89-40-15(6-56)82-49(33(74)25(40)66)91-42-17(8-92-9-18(58)59)83-50(34(75)26(42)67)90-41-16(7-57)81-48(32(73)24(41)65)88-39-14(5-55)79-46(30(71)22(39)63)86-37-12(3-53)77-44(84-35)28(69)20(37)61/h10-17,19-57,60-75H,1-9H2,(H,58,59)/t10-,11-,12-,13-,14-,15-,16-,17-,19-,20-,21-,22-,23-,24-,25-,26-,27+,28-,29-,30-,31-,32-,33-,34-,35-,36-,37-,38-,39-,40-,41-,42-,43-,44-,45-,46-,47-,48-,49-,50-/m1/s1. The summed E-state index contributed by atoms with van der Waals surface area (Å²) >= 11 is 0.660. The van der Waals surface area contributed by atoms with Crippen LogP contribution in [0.4, 0.5) is 0 Å². The monoisotopic (exact) mass is 1370 g/mol. The van der Waals surface area contributed by atoms with Crippen LogP contribution in [0.2, 0.25) is 0 Å². The lowest BCUT2D eigenvalue weighted by molar-refractivity contribution is -0.403. The van der Waals surface area contributed by atoms with Gasteiger partial charge >= 0.3 is 5.97 Å². The maximum Gasteiger partial charge on any atom is 0.313 e. The highest BCUT2D eigenvalue weighted by atomic mass is 32.2. The van der Waals surface area contributed by atoms with Crippen LogP contribution < -0.4 is 0 Å². The molecule has 42 heteroatoms. The molecule has 0 aromatic carbocycles. The summed E-state index contributed by atoms with van der Waals surface area (Å²) < 4.78 is 91.9. The van der Waals surface area contributed by atoms with Gasteiger partial charge in [0.05, 0.1) is 58.1 Å². The van der Waals surface area contributed by atoms with Crippen molar-refractivity contribution in [2.45, 2.75) is 246 Å². The van der Waals surface area contributed by atoms with Crippen molar-refractivity contribution in [2.24, 2.45) is 0 Å². The number of carboxylic acids is 1. The minimum Gasteiger partial charge on any atom is -0.481 e. The Morgan fingerprint density at radius 3 is 0.511 bits per heavy atom. The molecule has 0 amide bonds. The molecule has 30 aliphatic heterocycles. The van der Waals surface area contributed by atoms with Gasteiger partial charge in [0.2, 0.25) is 0 Å². The fourth-order valence-corrected chi connectivity index (χ4v) is 12.9. The molecular weight excluding hydrogens is 1290 g/mol. The largest absolute Gasteiger partial charge is 0.481 e. The zero-order valence-corrected chi connectivity index (χ0v) is 48.9. The van der Waals surface area contributed by atoms with Gasteiger partial charge in [-0.25, -0.2) is 0 Å². The van der Waals surface area contributed by atoms with Gasteiger partial charge in [-0.05, 0) is 0 Å². The number of aliphatic hydroxyl groups excluding tert-OH is 23. The number of thioether (sulfide) groups is 1. The van der Waals surface area contributed by atoms with Gasteiger partial charge in [-0.15, -0.1) is 11.8 Å². The first kappa shape index (κ1) is 74.5. The zero-order valence-electron chi connectivity index (χ0n) is 48.0. The number of aliphatic carboxylic acids is 1. The summed E-state index contributed by atoms with van der Waals surface area (Å²) in [6.07, 6.45) is -82.4. The average molecular weight is 1370 g/mol. The van der Waals surface area contributed by atoms with E-state index in [0.717, 1.165) is 0 Å². The Balaban J connectivity index is 0.990. The molecule has 92 heavy (non-hydrogen) atoms. The molecule has 0 aromatic rings. The van der Waals surface area contributed by atoms with Crippen LogP contribution >= 0.6 is 11.8 Å². The number of hydrogen-bond donors (Lipinski definition) is 24. The molecule has 24 N–H and O–H groups in total. The Morgan fingerprint density at radius 2 is 0.370 bits per heavy atom. The summed E-state index contributed by atoms with van der Waals surface area (Å²) in [7, 11) is 0. The number of hydrogen-bond acceptors (Lipinski definition) is 41. The van der Waals surface area contributed by atoms with Crippen molar-refractivity contribution in [3.8, 4) is 0 Å². The van der Waals surface area contributed by atoms with Crippen LogP contribution in [-0.2, 0) is 80.6 Å². The predicted molar refractivity (Wildman–Crippen MR) is 279 cm³/mol. The van der Waals surface area contributed by atoms with Crippen molar-refractivity contribution in [2.75, 3.05) is 57.8 Å². The van der Waals surface area contributed by atoms with Crippen LogP contribution in [0.15, 0.2) is 0 Å². The van der Waals surface area contributed by atoms with Crippen molar-refractivity contribution >= 4 is 17.7 Å². The van der Waals surface area contributed by atoms with Crippen LogP contribution in [0.5, 0.6) is 0 Å². The molecule has 40 atom stereocenters. The van der Waals surface area contributed by atoms with Gasteiger partial charge in [0.25, 0.3) is 0 Å². The Bertz CT molecular complexity index is 2280. The Morgan fingerprint density at radius 1 is 0.228 bits per heavy atom. The van der Waals surface area contributed by atoms with Gasteiger partial charge in [-0.3, -0.25) is 4.79 Å². The number of carbonyl (C=O) groups is 1. The first-order chi connectivity index (χ1) is 43.7. The molecule has 30 fully saturated rings. The molecular formula is C50H82O41S. The quantitative estimate of drug-likeness (QED) is 0.0913. The Labute approximate surface area is 523 Å². The molecule has 534 valence electrons. The fourth-order valence-electron chi connectivity index (χ4n) is 12.2. The van der Waals surface area contributed by atoms with Crippen molar-refractivity contribution in [3.05, 3.63) is 0 Å². The van der Waals surface area contributed by atoms with E-state index in [1.165, 1.54) is 0 Å². The maximum atomic E-state index is 11.7. The third kappa shape index (κ3) is 15.2. The predicted octanol–water partition coefficient (Wildman–Crippen LogP) is -16.6. The smallest absolute Gasteiger partial charge is 0.313 e. The molecule has 30 heterocycles. The summed E-state index contributed by atoms with van der Waals surface area (Å²) in [6, 6.07) is 0. The van der Waals surface area contributed by atoms with E-state index in [-0.39, 0.29) is 0 Å². The third-order valence-corrected chi connectivity index (χ3v) is 18.2. The van der Waals surface area contributed by atoms with Crippen molar-refractivity contribution in [3.63, 3.8) is 0 Å². The maximum absolute atomic E-state index is 11.7. The minimum atomic E-state index is -2.27. The van der Waals surface area contributed by atoms with Gasteiger partial charge in [0.15, 0.2) is 50.3 Å².